The highest BCUT2D eigenvalue weighted by Crippen LogP contribution is 2.22. The molecule has 1 aromatic heterocycles. The third kappa shape index (κ3) is 4.39. The van der Waals surface area contributed by atoms with E-state index in [2.05, 4.69) is 65.3 Å². The van der Waals surface area contributed by atoms with Crippen LogP contribution in [0.15, 0.2) is 72.8 Å². The first kappa shape index (κ1) is 21.0. The second-order valence-electron chi connectivity index (χ2n) is 8.68. The molecule has 1 N–H and O–H groups in total. The maximum Gasteiger partial charge on any atom is 0.253 e. The molecule has 5 heteroatoms. The van der Waals surface area contributed by atoms with E-state index in [-0.39, 0.29) is 5.91 Å². The summed E-state index contributed by atoms with van der Waals surface area (Å²) in [5, 5.41) is 8.28. The van der Waals surface area contributed by atoms with Gasteiger partial charge in [0.15, 0.2) is 0 Å². The Morgan fingerprint density at radius 3 is 2.48 bits per heavy atom. The summed E-state index contributed by atoms with van der Waals surface area (Å²) in [5.74, 6) is 6.45. The Labute approximate surface area is 194 Å². The smallest absolute Gasteiger partial charge is 0.253 e. The van der Waals surface area contributed by atoms with Gasteiger partial charge in [0.2, 0.25) is 0 Å². The number of aromatic nitrogens is 2. The maximum absolute atomic E-state index is 13.1. The lowest BCUT2D eigenvalue weighted by atomic mass is 10.0. The lowest BCUT2D eigenvalue weighted by Gasteiger charge is -2.20. The third-order valence-corrected chi connectivity index (χ3v) is 6.31. The van der Waals surface area contributed by atoms with E-state index in [0.717, 1.165) is 41.5 Å². The lowest BCUT2D eigenvalue weighted by molar-refractivity contribution is 0.0783. The highest BCUT2D eigenvalue weighted by molar-refractivity contribution is 5.99. The van der Waals surface area contributed by atoms with Gasteiger partial charge in [-0.05, 0) is 67.9 Å². The molecule has 0 aliphatic carbocycles. The van der Waals surface area contributed by atoms with Crippen LogP contribution in [0.4, 0.5) is 0 Å². The van der Waals surface area contributed by atoms with Crippen LogP contribution in [0.2, 0.25) is 0 Å². The Kier molecular flexibility index (Phi) is 5.68. The van der Waals surface area contributed by atoms with Gasteiger partial charge in [0.25, 0.3) is 5.91 Å². The van der Waals surface area contributed by atoms with Crippen LogP contribution >= 0.6 is 0 Å². The highest BCUT2D eigenvalue weighted by Gasteiger charge is 2.28. The molecule has 4 aromatic rings. The minimum atomic E-state index is 0.0675. The van der Waals surface area contributed by atoms with Gasteiger partial charge in [-0.15, -0.1) is 0 Å². The molecule has 0 unspecified atom stereocenters. The van der Waals surface area contributed by atoms with Gasteiger partial charge in [0, 0.05) is 35.6 Å². The first-order valence-electron chi connectivity index (χ1n) is 11.2. The Hall–Kier alpha value is -3.88. The second-order valence-corrected chi connectivity index (χ2v) is 8.68. The molecule has 1 aliphatic heterocycles. The van der Waals surface area contributed by atoms with Crippen LogP contribution in [0.3, 0.4) is 0 Å². The Morgan fingerprint density at radius 1 is 1.00 bits per heavy atom. The summed E-state index contributed by atoms with van der Waals surface area (Å²) in [6, 6.07) is 24.6. The maximum atomic E-state index is 13.1. The van der Waals surface area contributed by atoms with E-state index in [9.17, 15) is 4.79 Å². The van der Waals surface area contributed by atoms with E-state index in [1.807, 2.05) is 53.4 Å². The zero-order chi connectivity index (χ0) is 22.8. The van der Waals surface area contributed by atoms with E-state index in [1.165, 1.54) is 5.56 Å². The van der Waals surface area contributed by atoms with E-state index in [0.29, 0.717) is 17.3 Å². The minimum Gasteiger partial charge on any atom is -0.337 e. The average Bonchev–Trinajstić information content (AvgIpc) is 3.51. The number of aromatic amines is 1. The number of hydrogen-bond donors (Lipinski definition) is 1. The summed E-state index contributed by atoms with van der Waals surface area (Å²) >= 11 is 0. The summed E-state index contributed by atoms with van der Waals surface area (Å²) < 4.78 is 0. The fourth-order valence-corrected chi connectivity index (χ4v) is 4.28. The molecule has 1 fully saturated rings. The Bertz CT molecular complexity index is 1340. The van der Waals surface area contributed by atoms with Gasteiger partial charge in [0.05, 0.1) is 5.52 Å². The molecule has 164 valence electrons. The predicted molar refractivity (Wildman–Crippen MR) is 132 cm³/mol. The van der Waals surface area contributed by atoms with Crippen LogP contribution in [0.5, 0.6) is 0 Å². The molecular weight excluding hydrogens is 408 g/mol. The number of rotatable bonds is 3. The first-order valence-corrected chi connectivity index (χ1v) is 11.2. The Balaban J connectivity index is 1.37. The van der Waals surface area contributed by atoms with Crippen LogP contribution in [0.1, 0.15) is 28.0 Å². The van der Waals surface area contributed by atoms with Gasteiger partial charge in [0.1, 0.15) is 5.69 Å². The summed E-state index contributed by atoms with van der Waals surface area (Å²) in [5.41, 5.74) is 5.47. The zero-order valence-electron chi connectivity index (χ0n) is 18.9. The van der Waals surface area contributed by atoms with Crippen molar-refractivity contribution in [2.24, 2.45) is 0 Å². The van der Waals surface area contributed by atoms with Crippen LogP contribution in [0, 0.1) is 11.8 Å². The van der Waals surface area contributed by atoms with E-state index in [1.54, 1.807) is 0 Å². The van der Waals surface area contributed by atoms with E-state index < -0.39 is 0 Å². The average molecular weight is 435 g/mol. The monoisotopic (exact) mass is 434 g/mol. The molecular formula is C28H26N4O. The summed E-state index contributed by atoms with van der Waals surface area (Å²) in [7, 11) is 4.13. The number of likely N-dealkylation sites (N-methyl/N-ethyl adjacent to an activating group) is 1. The number of nitrogens with zero attached hydrogens (tertiary/aromatic N) is 3. The van der Waals surface area contributed by atoms with E-state index in [4.69, 9.17) is 0 Å². The summed E-state index contributed by atoms with van der Waals surface area (Å²) in [6.07, 6.45) is 1.01. The molecule has 1 saturated heterocycles. The number of nitrogens with one attached hydrogen (secondary N) is 1. The van der Waals surface area contributed by atoms with Crippen molar-refractivity contribution < 1.29 is 4.79 Å². The predicted octanol–water partition coefficient (Wildman–Crippen LogP) is 4.41. The minimum absolute atomic E-state index is 0.0675. The molecule has 3 aromatic carbocycles. The van der Waals surface area contributed by atoms with Gasteiger partial charge in [-0.3, -0.25) is 9.89 Å². The van der Waals surface area contributed by atoms with Crippen molar-refractivity contribution in [2.45, 2.75) is 12.5 Å². The number of likely N-dealkylation sites (tertiary alicyclic amines) is 1. The largest absolute Gasteiger partial charge is 0.337 e. The third-order valence-electron chi connectivity index (χ3n) is 6.31. The number of H-pyrrole nitrogens is 1. The molecule has 2 heterocycles. The molecule has 1 amide bonds. The van der Waals surface area contributed by atoms with Crippen molar-refractivity contribution in [1.29, 1.82) is 0 Å². The van der Waals surface area contributed by atoms with Gasteiger partial charge in [-0.1, -0.05) is 48.4 Å². The topological polar surface area (TPSA) is 52.2 Å². The van der Waals surface area contributed by atoms with Crippen molar-refractivity contribution in [3.8, 4) is 23.0 Å². The molecule has 1 aliphatic rings. The highest BCUT2D eigenvalue weighted by atomic mass is 16.2. The number of carbonyl (C=O) groups is 1. The van der Waals surface area contributed by atoms with Crippen molar-refractivity contribution in [3.05, 3.63) is 89.6 Å². The standard InChI is InChI=1S/C28H26N4O/c1-31(2)24-16-17-32(19-24)28(33)23-13-15-27-25(18-23)26(29-30-27)14-10-20-8-11-22(12-9-20)21-6-4-3-5-7-21/h3-9,11-13,15,18,24H,16-17,19H2,1-2H3,(H,29,30)/t24-/m0/s1. The van der Waals surface area contributed by atoms with E-state index >= 15 is 0 Å². The summed E-state index contributed by atoms with van der Waals surface area (Å²) in [4.78, 5) is 17.2. The van der Waals surface area contributed by atoms with Crippen LogP contribution in [0.25, 0.3) is 22.0 Å². The van der Waals surface area contributed by atoms with Crippen molar-refractivity contribution in [3.63, 3.8) is 0 Å². The number of carbonyl (C=O) groups excluding carboxylic acids is 1. The molecule has 5 nitrogen and oxygen atoms in total. The SMILES string of the molecule is CN(C)[C@H]1CCN(C(=O)c2ccc3[nH]nc(C#Cc4ccc(-c5ccccc5)cc4)c3c2)C1. The fraction of sp³-hybridized carbons (Fsp3) is 0.214. The molecule has 5 rings (SSSR count). The quantitative estimate of drug-likeness (QED) is 0.486. The van der Waals surface area contributed by atoms with Crippen LogP contribution in [-0.2, 0) is 0 Å². The molecule has 0 radical (unpaired) electrons. The number of benzene rings is 3. The molecule has 0 spiro atoms. The van der Waals surface area contributed by atoms with Gasteiger partial charge in [-0.2, -0.15) is 5.10 Å². The molecule has 0 bridgehead atoms. The van der Waals surface area contributed by atoms with Crippen LogP contribution in [-0.4, -0.2) is 59.1 Å². The van der Waals surface area contributed by atoms with Crippen molar-refractivity contribution in [1.82, 2.24) is 20.0 Å². The van der Waals surface area contributed by atoms with Gasteiger partial charge < -0.3 is 9.80 Å². The molecule has 0 saturated carbocycles. The first-order chi connectivity index (χ1) is 16.1. The van der Waals surface area contributed by atoms with Crippen molar-refractivity contribution >= 4 is 16.8 Å². The van der Waals surface area contributed by atoms with Crippen molar-refractivity contribution in [2.75, 3.05) is 27.2 Å². The zero-order valence-corrected chi connectivity index (χ0v) is 18.9. The molecule has 1 atom stereocenters. The molecule has 33 heavy (non-hydrogen) atoms. The van der Waals surface area contributed by atoms with Crippen LogP contribution < -0.4 is 0 Å². The second kappa shape index (κ2) is 8.93. The number of amides is 1. The summed E-state index contributed by atoms with van der Waals surface area (Å²) in [6.45, 7) is 1.55. The van der Waals surface area contributed by atoms with Gasteiger partial charge >= 0.3 is 0 Å². The Morgan fingerprint density at radius 2 is 1.76 bits per heavy atom. The van der Waals surface area contributed by atoms with Gasteiger partial charge in [-0.25, -0.2) is 0 Å². The fourth-order valence-electron chi connectivity index (χ4n) is 4.28. The normalized spacial score (nSPS) is 15.6. The number of fused-ring (bicyclic) bond motifs is 1. The number of hydrogen-bond acceptors (Lipinski definition) is 3. The lowest BCUT2D eigenvalue weighted by Crippen LogP contribution is -2.34.